The molecule has 0 aliphatic heterocycles. The second-order valence-electron chi connectivity index (χ2n) is 1.71. The van der Waals surface area contributed by atoms with Crippen LogP contribution in [-0.2, 0) is 0 Å². The van der Waals surface area contributed by atoms with E-state index in [1.165, 1.54) is 41.8 Å². The van der Waals surface area contributed by atoms with Crippen molar-refractivity contribution in [2.24, 2.45) is 0 Å². The summed E-state index contributed by atoms with van der Waals surface area (Å²) in [5, 5.41) is 0. The van der Waals surface area contributed by atoms with Crippen LogP contribution in [0.3, 0.4) is 0 Å². The van der Waals surface area contributed by atoms with E-state index in [0.717, 1.165) is 0 Å². The van der Waals surface area contributed by atoms with Gasteiger partial charge in [0, 0.05) is 0 Å². The summed E-state index contributed by atoms with van der Waals surface area (Å²) in [7, 11) is 2.46. The molecular formula is C6H16P2. The van der Waals surface area contributed by atoms with Crippen molar-refractivity contribution in [1.29, 1.82) is 0 Å². The molecule has 0 amide bonds. The molecule has 2 heteroatoms. The first-order valence-corrected chi connectivity index (χ1v) is 6.16. The highest BCUT2D eigenvalue weighted by atomic mass is 31.1. The van der Waals surface area contributed by atoms with E-state index in [1.54, 1.807) is 0 Å². The maximum absolute atomic E-state index is 2.27. The monoisotopic (exact) mass is 150 g/mol. The standard InChI is InChI=1S/C6H16P2/c1-3-7-5-6-8-4-2/h7-8H,3-6H2,1-2H3. The Labute approximate surface area is 56.4 Å². The Morgan fingerprint density at radius 3 is 1.50 bits per heavy atom. The molecule has 8 heavy (non-hydrogen) atoms. The van der Waals surface area contributed by atoms with Crippen LogP contribution < -0.4 is 0 Å². The SMILES string of the molecule is CCPCCPCC. The molecule has 0 aliphatic rings. The first-order chi connectivity index (χ1) is 3.91. The lowest BCUT2D eigenvalue weighted by molar-refractivity contribution is 1.42. The summed E-state index contributed by atoms with van der Waals surface area (Å²) in [6.45, 7) is 4.54. The minimum Gasteiger partial charge on any atom is -0.122 e. The lowest BCUT2D eigenvalue weighted by atomic mass is 10.9. The summed E-state index contributed by atoms with van der Waals surface area (Å²) in [5.74, 6) is 0. The van der Waals surface area contributed by atoms with Gasteiger partial charge in [-0.15, -0.1) is 17.2 Å². The van der Waals surface area contributed by atoms with Crippen molar-refractivity contribution < 1.29 is 0 Å². The fourth-order valence-corrected chi connectivity index (χ4v) is 2.65. The molecule has 0 nitrogen and oxygen atoms in total. The van der Waals surface area contributed by atoms with Crippen LogP contribution in [0.4, 0.5) is 0 Å². The predicted octanol–water partition coefficient (Wildman–Crippen LogP) is 2.38. The van der Waals surface area contributed by atoms with Crippen LogP contribution in [0.1, 0.15) is 13.8 Å². The van der Waals surface area contributed by atoms with Gasteiger partial charge in [0.2, 0.25) is 0 Å². The van der Waals surface area contributed by atoms with Crippen molar-refractivity contribution >= 4 is 17.2 Å². The molecule has 0 bridgehead atoms. The third-order valence-corrected chi connectivity index (χ3v) is 3.69. The van der Waals surface area contributed by atoms with E-state index in [4.69, 9.17) is 0 Å². The van der Waals surface area contributed by atoms with Gasteiger partial charge in [0.15, 0.2) is 0 Å². The molecule has 0 heterocycles. The average Bonchev–Trinajstić information content (AvgIpc) is 1.81. The number of hydrogen-bond donors (Lipinski definition) is 0. The van der Waals surface area contributed by atoms with E-state index in [9.17, 15) is 0 Å². The summed E-state index contributed by atoms with van der Waals surface area (Å²) in [5.41, 5.74) is 0. The normalized spacial score (nSPS) is 12.8. The van der Waals surface area contributed by atoms with Gasteiger partial charge in [0.1, 0.15) is 0 Å². The molecule has 0 aromatic heterocycles. The number of rotatable bonds is 5. The van der Waals surface area contributed by atoms with E-state index in [-0.39, 0.29) is 0 Å². The van der Waals surface area contributed by atoms with Crippen LogP contribution in [0.5, 0.6) is 0 Å². The van der Waals surface area contributed by atoms with Crippen molar-refractivity contribution in [3.05, 3.63) is 0 Å². The zero-order valence-corrected chi connectivity index (χ0v) is 7.83. The fourth-order valence-electron chi connectivity index (χ4n) is 0.530. The van der Waals surface area contributed by atoms with Crippen LogP contribution in [0.2, 0.25) is 0 Å². The van der Waals surface area contributed by atoms with E-state index >= 15 is 0 Å². The maximum Gasteiger partial charge on any atom is -0.0316 e. The smallest absolute Gasteiger partial charge is 0.0316 e. The lowest BCUT2D eigenvalue weighted by Gasteiger charge is -1.94. The van der Waals surface area contributed by atoms with Gasteiger partial charge in [0.25, 0.3) is 0 Å². The largest absolute Gasteiger partial charge is 0.122 e. The summed E-state index contributed by atoms with van der Waals surface area (Å²) in [6, 6.07) is 0. The van der Waals surface area contributed by atoms with E-state index in [0.29, 0.717) is 0 Å². The molecule has 0 rings (SSSR count). The van der Waals surface area contributed by atoms with Crippen molar-refractivity contribution in [2.45, 2.75) is 13.8 Å². The molecule has 0 N–H and O–H groups in total. The van der Waals surface area contributed by atoms with Crippen molar-refractivity contribution in [1.82, 2.24) is 0 Å². The van der Waals surface area contributed by atoms with Gasteiger partial charge in [-0.25, -0.2) is 0 Å². The van der Waals surface area contributed by atoms with Crippen molar-refractivity contribution in [3.8, 4) is 0 Å². The summed E-state index contributed by atoms with van der Waals surface area (Å²) in [6.07, 6.45) is 5.77. The zero-order chi connectivity index (χ0) is 6.24. The molecule has 0 saturated carbocycles. The third kappa shape index (κ3) is 6.86. The predicted molar refractivity (Wildman–Crippen MR) is 47.4 cm³/mol. The maximum atomic E-state index is 2.27. The van der Waals surface area contributed by atoms with E-state index in [2.05, 4.69) is 13.8 Å². The van der Waals surface area contributed by atoms with E-state index in [1.807, 2.05) is 0 Å². The molecular weight excluding hydrogens is 134 g/mol. The highest BCUT2D eigenvalue weighted by Gasteiger charge is 1.82. The summed E-state index contributed by atoms with van der Waals surface area (Å²) < 4.78 is 0. The van der Waals surface area contributed by atoms with Crippen LogP contribution in [-0.4, -0.2) is 24.6 Å². The lowest BCUT2D eigenvalue weighted by Crippen LogP contribution is -1.79. The molecule has 0 spiro atoms. The van der Waals surface area contributed by atoms with Crippen LogP contribution in [0, 0.1) is 0 Å². The van der Waals surface area contributed by atoms with Gasteiger partial charge in [-0.3, -0.25) is 0 Å². The Morgan fingerprint density at radius 2 is 1.25 bits per heavy atom. The van der Waals surface area contributed by atoms with Gasteiger partial charge < -0.3 is 0 Å². The second-order valence-corrected chi connectivity index (χ2v) is 5.12. The Balaban J connectivity index is 2.53. The molecule has 2 atom stereocenters. The zero-order valence-electron chi connectivity index (χ0n) is 5.83. The highest BCUT2D eigenvalue weighted by molar-refractivity contribution is 7.42. The quantitative estimate of drug-likeness (QED) is 0.417. The Kier molecular flexibility index (Phi) is 8.70. The van der Waals surface area contributed by atoms with Gasteiger partial charge in [-0.05, 0) is 24.6 Å². The highest BCUT2D eigenvalue weighted by Crippen LogP contribution is 2.15. The average molecular weight is 150 g/mol. The van der Waals surface area contributed by atoms with Crippen molar-refractivity contribution in [2.75, 3.05) is 24.6 Å². The van der Waals surface area contributed by atoms with Crippen molar-refractivity contribution in [3.63, 3.8) is 0 Å². The number of hydrogen-bond acceptors (Lipinski definition) is 0. The molecule has 2 unspecified atom stereocenters. The third-order valence-electron chi connectivity index (χ3n) is 0.979. The molecule has 0 aliphatic carbocycles. The molecule has 0 fully saturated rings. The first-order valence-electron chi connectivity index (χ1n) is 3.33. The van der Waals surface area contributed by atoms with E-state index < -0.39 is 0 Å². The second kappa shape index (κ2) is 7.86. The molecule has 50 valence electrons. The fraction of sp³-hybridized carbons (Fsp3) is 1.00. The Morgan fingerprint density at radius 1 is 0.875 bits per heavy atom. The van der Waals surface area contributed by atoms with Crippen LogP contribution in [0.15, 0.2) is 0 Å². The van der Waals surface area contributed by atoms with Gasteiger partial charge in [-0.1, -0.05) is 13.8 Å². The van der Waals surface area contributed by atoms with Gasteiger partial charge in [0.05, 0.1) is 0 Å². The molecule has 0 aromatic rings. The van der Waals surface area contributed by atoms with Crippen LogP contribution >= 0.6 is 17.2 Å². The Hall–Kier alpha value is 0.860. The summed E-state index contributed by atoms with van der Waals surface area (Å²) in [4.78, 5) is 0. The molecule has 0 aromatic carbocycles. The molecule has 0 saturated heterocycles. The Bertz CT molecular complexity index is 31.5. The minimum absolute atomic E-state index is 1.23. The van der Waals surface area contributed by atoms with Crippen LogP contribution in [0.25, 0.3) is 0 Å². The van der Waals surface area contributed by atoms with Gasteiger partial charge in [-0.2, -0.15) is 0 Å². The molecule has 0 radical (unpaired) electrons. The van der Waals surface area contributed by atoms with Gasteiger partial charge >= 0.3 is 0 Å². The first kappa shape index (κ1) is 8.86. The summed E-state index contributed by atoms with van der Waals surface area (Å²) >= 11 is 0. The topological polar surface area (TPSA) is 0 Å². The minimum atomic E-state index is 1.23.